The Morgan fingerprint density at radius 1 is 1.25 bits per heavy atom. The first-order chi connectivity index (χ1) is 11.6. The SMILES string of the molecule is CCCCCCSc1nc(N)c2c3c(sc2n1)CO[C@@](C)(CC)C3. The highest BCUT2D eigenvalue weighted by molar-refractivity contribution is 7.99. The van der Waals surface area contributed by atoms with Gasteiger partial charge in [-0.1, -0.05) is 44.9 Å². The predicted molar refractivity (Wildman–Crippen MR) is 104 cm³/mol. The second-order valence-electron chi connectivity index (χ2n) is 6.75. The average Bonchev–Trinajstić information content (AvgIpc) is 2.92. The van der Waals surface area contributed by atoms with Gasteiger partial charge in [0.1, 0.15) is 10.6 Å². The molecule has 24 heavy (non-hydrogen) atoms. The first-order valence-electron chi connectivity index (χ1n) is 8.91. The van der Waals surface area contributed by atoms with Crippen LogP contribution in [0.4, 0.5) is 5.82 Å². The third-order valence-electron chi connectivity index (χ3n) is 4.82. The first kappa shape index (κ1) is 18.0. The number of nitrogens with two attached hydrogens (primary N) is 1. The number of thiophene rings is 1. The molecule has 3 rings (SSSR count). The smallest absolute Gasteiger partial charge is 0.190 e. The maximum Gasteiger partial charge on any atom is 0.190 e. The van der Waals surface area contributed by atoms with Gasteiger partial charge in [-0.2, -0.15) is 0 Å². The minimum atomic E-state index is -0.0971. The van der Waals surface area contributed by atoms with Crippen molar-refractivity contribution >= 4 is 39.1 Å². The zero-order valence-corrected chi connectivity index (χ0v) is 16.5. The van der Waals surface area contributed by atoms with Crippen LogP contribution in [0.3, 0.4) is 0 Å². The van der Waals surface area contributed by atoms with Crippen molar-refractivity contribution in [2.24, 2.45) is 0 Å². The average molecular weight is 366 g/mol. The lowest BCUT2D eigenvalue weighted by Crippen LogP contribution is -2.33. The van der Waals surface area contributed by atoms with Crippen molar-refractivity contribution in [2.45, 2.75) is 76.7 Å². The highest BCUT2D eigenvalue weighted by Gasteiger charge is 2.32. The summed E-state index contributed by atoms with van der Waals surface area (Å²) in [7, 11) is 0. The molecular weight excluding hydrogens is 338 g/mol. The fraction of sp³-hybridized carbons (Fsp3) is 0.667. The van der Waals surface area contributed by atoms with E-state index in [1.165, 1.54) is 36.1 Å². The van der Waals surface area contributed by atoms with E-state index in [0.717, 1.165) is 34.0 Å². The lowest BCUT2D eigenvalue weighted by atomic mass is 9.90. The van der Waals surface area contributed by atoms with Crippen LogP contribution in [0.15, 0.2) is 5.16 Å². The summed E-state index contributed by atoms with van der Waals surface area (Å²) >= 11 is 3.44. The molecule has 0 unspecified atom stereocenters. The summed E-state index contributed by atoms with van der Waals surface area (Å²) in [6, 6.07) is 0. The number of hydrogen-bond acceptors (Lipinski definition) is 6. The summed E-state index contributed by atoms with van der Waals surface area (Å²) in [5.74, 6) is 1.70. The van der Waals surface area contributed by atoms with E-state index in [0.29, 0.717) is 12.4 Å². The van der Waals surface area contributed by atoms with Crippen LogP contribution >= 0.6 is 23.1 Å². The summed E-state index contributed by atoms with van der Waals surface area (Å²) in [6.07, 6.45) is 6.95. The monoisotopic (exact) mass is 365 g/mol. The van der Waals surface area contributed by atoms with Crippen LogP contribution in [0.2, 0.25) is 0 Å². The number of ether oxygens (including phenoxy) is 1. The number of anilines is 1. The van der Waals surface area contributed by atoms with Crippen molar-refractivity contribution in [1.29, 1.82) is 0 Å². The highest BCUT2D eigenvalue weighted by Crippen LogP contribution is 2.41. The van der Waals surface area contributed by atoms with Crippen molar-refractivity contribution in [3.63, 3.8) is 0 Å². The van der Waals surface area contributed by atoms with Crippen LogP contribution in [0.1, 0.15) is 63.3 Å². The minimum absolute atomic E-state index is 0.0971. The van der Waals surface area contributed by atoms with Gasteiger partial charge in [-0.05, 0) is 25.3 Å². The number of unbranched alkanes of at least 4 members (excludes halogenated alkanes) is 3. The third-order valence-corrected chi connectivity index (χ3v) is 6.85. The van der Waals surface area contributed by atoms with Crippen molar-refractivity contribution in [3.8, 4) is 0 Å². The van der Waals surface area contributed by atoms with E-state index in [9.17, 15) is 0 Å². The fourth-order valence-corrected chi connectivity index (χ4v) is 5.08. The molecule has 2 N–H and O–H groups in total. The molecular formula is C18H27N3OS2. The van der Waals surface area contributed by atoms with E-state index in [1.807, 2.05) is 0 Å². The Morgan fingerprint density at radius 3 is 2.83 bits per heavy atom. The number of aromatic nitrogens is 2. The van der Waals surface area contributed by atoms with Gasteiger partial charge in [-0.25, -0.2) is 9.97 Å². The summed E-state index contributed by atoms with van der Waals surface area (Å²) in [5, 5.41) is 1.88. The fourth-order valence-electron chi connectivity index (χ4n) is 3.06. The van der Waals surface area contributed by atoms with Gasteiger partial charge in [-0.15, -0.1) is 11.3 Å². The molecule has 2 aromatic heterocycles. The van der Waals surface area contributed by atoms with Gasteiger partial charge in [0.15, 0.2) is 5.16 Å². The molecule has 0 spiro atoms. The number of rotatable bonds is 7. The molecule has 6 heteroatoms. The summed E-state index contributed by atoms with van der Waals surface area (Å²) in [5.41, 5.74) is 7.52. The van der Waals surface area contributed by atoms with Crippen molar-refractivity contribution in [2.75, 3.05) is 11.5 Å². The summed E-state index contributed by atoms with van der Waals surface area (Å²) < 4.78 is 6.06. The second-order valence-corrected chi connectivity index (χ2v) is 8.90. The van der Waals surface area contributed by atoms with Gasteiger partial charge in [0, 0.05) is 17.1 Å². The zero-order chi connectivity index (χ0) is 17.2. The van der Waals surface area contributed by atoms with Gasteiger partial charge in [-0.3, -0.25) is 0 Å². The molecule has 1 aliphatic rings. The Morgan fingerprint density at radius 2 is 2.08 bits per heavy atom. The van der Waals surface area contributed by atoms with Crippen LogP contribution in [0.5, 0.6) is 0 Å². The number of hydrogen-bond donors (Lipinski definition) is 1. The lowest BCUT2D eigenvalue weighted by Gasteiger charge is -2.33. The molecule has 0 bridgehead atoms. The Labute approximate surface area is 152 Å². The Bertz CT molecular complexity index is 716. The van der Waals surface area contributed by atoms with Crippen molar-refractivity contribution in [1.82, 2.24) is 9.97 Å². The molecule has 0 radical (unpaired) electrons. The van der Waals surface area contributed by atoms with Crippen LogP contribution in [-0.4, -0.2) is 21.3 Å². The first-order valence-corrected chi connectivity index (χ1v) is 10.7. The van der Waals surface area contributed by atoms with E-state index in [2.05, 4.69) is 25.8 Å². The lowest BCUT2D eigenvalue weighted by molar-refractivity contribution is -0.0542. The Kier molecular flexibility index (Phi) is 5.67. The molecule has 2 aromatic rings. The molecule has 0 amide bonds. The molecule has 1 atom stereocenters. The topological polar surface area (TPSA) is 61.0 Å². The third kappa shape index (κ3) is 3.70. The molecule has 1 aliphatic heterocycles. The predicted octanol–water partition coefficient (Wildman–Crippen LogP) is 5.19. The zero-order valence-electron chi connectivity index (χ0n) is 14.9. The van der Waals surface area contributed by atoms with E-state index in [4.69, 9.17) is 15.5 Å². The maximum absolute atomic E-state index is 6.31. The highest BCUT2D eigenvalue weighted by atomic mass is 32.2. The summed E-state index contributed by atoms with van der Waals surface area (Å²) in [6.45, 7) is 7.25. The van der Waals surface area contributed by atoms with Gasteiger partial charge < -0.3 is 10.5 Å². The largest absolute Gasteiger partial charge is 0.383 e. The number of nitrogen functional groups attached to an aromatic ring is 1. The maximum atomic E-state index is 6.31. The molecule has 0 saturated heterocycles. The second kappa shape index (κ2) is 7.58. The van der Waals surface area contributed by atoms with Crippen LogP contribution < -0.4 is 5.73 Å². The molecule has 0 aromatic carbocycles. The molecule has 4 nitrogen and oxygen atoms in total. The van der Waals surface area contributed by atoms with Crippen LogP contribution in [-0.2, 0) is 17.8 Å². The van der Waals surface area contributed by atoms with Gasteiger partial charge >= 0.3 is 0 Å². The van der Waals surface area contributed by atoms with Crippen molar-refractivity contribution in [3.05, 3.63) is 10.4 Å². The van der Waals surface area contributed by atoms with Crippen molar-refractivity contribution < 1.29 is 4.74 Å². The van der Waals surface area contributed by atoms with Crippen LogP contribution in [0.25, 0.3) is 10.2 Å². The quantitative estimate of drug-likeness (QED) is 0.416. The Hall–Kier alpha value is -0.850. The van der Waals surface area contributed by atoms with Crippen LogP contribution in [0, 0.1) is 0 Å². The number of thioether (sulfide) groups is 1. The van der Waals surface area contributed by atoms with Gasteiger partial charge in [0.2, 0.25) is 0 Å². The normalized spacial score (nSPS) is 20.5. The molecule has 0 saturated carbocycles. The Balaban J connectivity index is 1.81. The number of fused-ring (bicyclic) bond motifs is 3. The van der Waals surface area contributed by atoms with Gasteiger partial charge in [0.25, 0.3) is 0 Å². The van der Waals surface area contributed by atoms with Gasteiger partial charge in [0.05, 0.1) is 17.6 Å². The molecule has 0 aliphatic carbocycles. The molecule has 0 fully saturated rings. The summed E-state index contributed by atoms with van der Waals surface area (Å²) in [4.78, 5) is 11.6. The van der Waals surface area contributed by atoms with E-state index >= 15 is 0 Å². The molecule has 132 valence electrons. The van der Waals surface area contributed by atoms with E-state index in [1.54, 1.807) is 23.1 Å². The van der Waals surface area contributed by atoms with E-state index in [-0.39, 0.29) is 5.60 Å². The minimum Gasteiger partial charge on any atom is -0.383 e. The standard InChI is InChI=1S/C18H27N3OS2/c1-4-6-7-8-9-23-17-20-15(19)14-12-10-18(3,5-2)22-11-13(12)24-16(14)21-17/h4-11H2,1-3H3,(H2,19,20,21)/t18-/m0/s1. The van der Waals surface area contributed by atoms with E-state index < -0.39 is 0 Å². The number of nitrogens with zero attached hydrogens (tertiary/aromatic N) is 2. The molecule has 3 heterocycles.